The van der Waals surface area contributed by atoms with Crippen LogP contribution in [0.15, 0.2) is 24.3 Å². The van der Waals surface area contributed by atoms with Gasteiger partial charge in [-0.3, -0.25) is 9.69 Å². The molecule has 1 aromatic rings. The standard InChI is InChI=1S/C18H24N2O3/c21-18(16-13-23-17-6-2-1-5-15(16)17)20-7-3-4-14(20)12-19-8-10-22-11-9-19/h1-2,5-6,14,16H,3-4,7-13H2. The van der Waals surface area contributed by atoms with E-state index in [0.29, 0.717) is 12.6 Å². The Bertz CT molecular complexity index is 571. The molecule has 0 aromatic heterocycles. The van der Waals surface area contributed by atoms with E-state index >= 15 is 0 Å². The molecule has 124 valence electrons. The van der Waals surface area contributed by atoms with Crippen LogP contribution in [0.4, 0.5) is 0 Å². The lowest BCUT2D eigenvalue weighted by molar-refractivity contribution is -0.134. The molecule has 5 nitrogen and oxygen atoms in total. The molecule has 3 aliphatic heterocycles. The highest BCUT2D eigenvalue weighted by molar-refractivity contribution is 5.86. The van der Waals surface area contributed by atoms with Crippen LogP contribution in [0.3, 0.4) is 0 Å². The molecule has 4 rings (SSSR count). The minimum atomic E-state index is -0.128. The number of ether oxygens (including phenoxy) is 2. The van der Waals surface area contributed by atoms with Crippen molar-refractivity contribution in [2.75, 3.05) is 46.0 Å². The summed E-state index contributed by atoms with van der Waals surface area (Å²) < 4.78 is 11.1. The van der Waals surface area contributed by atoms with Gasteiger partial charge in [0.1, 0.15) is 18.3 Å². The Morgan fingerprint density at radius 1 is 1.17 bits per heavy atom. The minimum Gasteiger partial charge on any atom is -0.492 e. The smallest absolute Gasteiger partial charge is 0.234 e. The van der Waals surface area contributed by atoms with Crippen molar-refractivity contribution in [2.24, 2.45) is 0 Å². The molecule has 3 aliphatic rings. The van der Waals surface area contributed by atoms with E-state index in [0.717, 1.165) is 63.5 Å². The highest BCUT2D eigenvalue weighted by Gasteiger charge is 2.38. The normalized spacial score (nSPS) is 27.7. The zero-order valence-electron chi connectivity index (χ0n) is 13.4. The predicted molar refractivity (Wildman–Crippen MR) is 86.7 cm³/mol. The second kappa shape index (κ2) is 6.49. The van der Waals surface area contributed by atoms with Crippen LogP contribution in [-0.2, 0) is 9.53 Å². The predicted octanol–water partition coefficient (Wildman–Crippen LogP) is 1.49. The fourth-order valence-electron chi connectivity index (χ4n) is 3.96. The molecule has 3 heterocycles. The van der Waals surface area contributed by atoms with E-state index in [-0.39, 0.29) is 11.8 Å². The van der Waals surface area contributed by atoms with Gasteiger partial charge in [-0.05, 0) is 18.9 Å². The Balaban J connectivity index is 1.45. The first-order valence-electron chi connectivity index (χ1n) is 8.65. The third kappa shape index (κ3) is 2.95. The number of carbonyl (C=O) groups is 1. The number of hydrogen-bond donors (Lipinski definition) is 0. The fraction of sp³-hybridized carbons (Fsp3) is 0.611. The van der Waals surface area contributed by atoms with E-state index in [1.165, 1.54) is 0 Å². The highest BCUT2D eigenvalue weighted by Crippen LogP contribution is 2.36. The summed E-state index contributed by atoms with van der Waals surface area (Å²) >= 11 is 0. The summed E-state index contributed by atoms with van der Waals surface area (Å²) in [6.07, 6.45) is 2.22. The van der Waals surface area contributed by atoms with Gasteiger partial charge in [0.15, 0.2) is 0 Å². The van der Waals surface area contributed by atoms with Gasteiger partial charge < -0.3 is 14.4 Å². The van der Waals surface area contributed by atoms with E-state index in [1.54, 1.807) is 0 Å². The molecule has 0 saturated carbocycles. The number of morpholine rings is 1. The average molecular weight is 316 g/mol. The molecule has 1 aromatic carbocycles. The van der Waals surface area contributed by atoms with Gasteiger partial charge in [0, 0.05) is 37.8 Å². The first kappa shape index (κ1) is 15.0. The second-order valence-electron chi connectivity index (χ2n) is 6.64. The quantitative estimate of drug-likeness (QED) is 0.847. The van der Waals surface area contributed by atoms with Crippen LogP contribution in [0.1, 0.15) is 24.3 Å². The second-order valence-corrected chi connectivity index (χ2v) is 6.64. The molecule has 0 spiro atoms. The lowest BCUT2D eigenvalue weighted by Gasteiger charge is -2.33. The molecule has 2 fully saturated rings. The number of nitrogens with zero attached hydrogens (tertiary/aromatic N) is 2. The lowest BCUT2D eigenvalue weighted by Crippen LogP contribution is -2.48. The molecule has 0 N–H and O–H groups in total. The molecule has 2 atom stereocenters. The molecular weight excluding hydrogens is 292 g/mol. The van der Waals surface area contributed by atoms with E-state index in [1.807, 2.05) is 24.3 Å². The topological polar surface area (TPSA) is 42.0 Å². The number of para-hydroxylation sites is 1. The zero-order chi connectivity index (χ0) is 15.6. The molecule has 2 saturated heterocycles. The van der Waals surface area contributed by atoms with Crippen LogP contribution in [-0.4, -0.2) is 67.7 Å². The summed E-state index contributed by atoms with van der Waals surface area (Å²) in [5.74, 6) is 0.983. The van der Waals surface area contributed by atoms with Crippen molar-refractivity contribution in [3.05, 3.63) is 29.8 Å². The summed E-state index contributed by atoms with van der Waals surface area (Å²) in [7, 11) is 0. The fourth-order valence-corrected chi connectivity index (χ4v) is 3.96. The van der Waals surface area contributed by atoms with Crippen LogP contribution in [0.5, 0.6) is 5.75 Å². The maximum atomic E-state index is 13.1. The maximum absolute atomic E-state index is 13.1. The van der Waals surface area contributed by atoms with Crippen molar-refractivity contribution in [1.82, 2.24) is 9.80 Å². The third-order valence-electron chi connectivity index (χ3n) is 5.23. The van der Waals surface area contributed by atoms with Crippen LogP contribution in [0.25, 0.3) is 0 Å². The monoisotopic (exact) mass is 316 g/mol. The summed E-state index contributed by atoms with van der Waals surface area (Å²) in [5.41, 5.74) is 1.05. The van der Waals surface area contributed by atoms with E-state index in [4.69, 9.17) is 9.47 Å². The average Bonchev–Trinajstić information content (AvgIpc) is 3.22. The van der Waals surface area contributed by atoms with Crippen molar-refractivity contribution in [3.63, 3.8) is 0 Å². The van der Waals surface area contributed by atoms with Gasteiger partial charge in [-0.25, -0.2) is 0 Å². The summed E-state index contributed by atoms with van der Waals surface area (Å²) in [4.78, 5) is 17.6. The summed E-state index contributed by atoms with van der Waals surface area (Å²) in [6.45, 7) is 5.92. The van der Waals surface area contributed by atoms with Gasteiger partial charge in [-0.1, -0.05) is 18.2 Å². The number of likely N-dealkylation sites (tertiary alicyclic amines) is 1. The Labute approximate surface area is 137 Å². The number of benzene rings is 1. The molecule has 0 aliphatic carbocycles. The van der Waals surface area contributed by atoms with Gasteiger partial charge >= 0.3 is 0 Å². The molecule has 5 heteroatoms. The molecule has 0 bridgehead atoms. The van der Waals surface area contributed by atoms with Crippen molar-refractivity contribution in [1.29, 1.82) is 0 Å². The number of carbonyl (C=O) groups excluding carboxylic acids is 1. The zero-order valence-corrected chi connectivity index (χ0v) is 13.4. The van der Waals surface area contributed by atoms with Crippen LogP contribution < -0.4 is 4.74 Å². The van der Waals surface area contributed by atoms with E-state index in [2.05, 4.69) is 9.80 Å². The summed E-state index contributed by atoms with van der Waals surface area (Å²) in [5, 5.41) is 0. The van der Waals surface area contributed by atoms with Crippen LogP contribution >= 0.6 is 0 Å². The molecular formula is C18H24N2O3. The minimum absolute atomic E-state index is 0.128. The van der Waals surface area contributed by atoms with Gasteiger partial charge in [0.2, 0.25) is 5.91 Å². The van der Waals surface area contributed by atoms with Gasteiger partial charge in [0.25, 0.3) is 0 Å². The van der Waals surface area contributed by atoms with Crippen molar-refractivity contribution in [2.45, 2.75) is 24.8 Å². The van der Waals surface area contributed by atoms with Crippen LogP contribution in [0, 0.1) is 0 Å². The van der Waals surface area contributed by atoms with Gasteiger partial charge in [0.05, 0.1) is 13.2 Å². The largest absolute Gasteiger partial charge is 0.492 e. The molecule has 1 amide bonds. The van der Waals surface area contributed by atoms with Gasteiger partial charge in [-0.15, -0.1) is 0 Å². The number of rotatable bonds is 3. The highest BCUT2D eigenvalue weighted by atomic mass is 16.5. The number of amides is 1. The SMILES string of the molecule is O=C(C1COc2ccccc21)N1CCCC1CN1CCOCC1. The molecule has 0 radical (unpaired) electrons. The maximum Gasteiger partial charge on any atom is 0.234 e. The Hall–Kier alpha value is -1.59. The van der Waals surface area contributed by atoms with Crippen molar-refractivity contribution < 1.29 is 14.3 Å². The Kier molecular flexibility index (Phi) is 4.23. The number of fused-ring (bicyclic) bond motifs is 1. The van der Waals surface area contributed by atoms with E-state index < -0.39 is 0 Å². The van der Waals surface area contributed by atoms with Crippen molar-refractivity contribution >= 4 is 5.91 Å². The third-order valence-corrected chi connectivity index (χ3v) is 5.23. The van der Waals surface area contributed by atoms with E-state index in [9.17, 15) is 4.79 Å². The lowest BCUT2D eigenvalue weighted by atomic mass is 9.99. The van der Waals surface area contributed by atoms with Crippen molar-refractivity contribution in [3.8, 4) is 5.75 Å². The molecule has 2 unspecified atom stereocenters. The Morgan fingerprint density at radius 2 is 2.00 bits per heavy atom. The van der Waals surface area contributed by atoms with Gasteiger partial charge in [-0.2, -0.15) is 0 Å². The Morgan fingerprint density at radius 3 is 2.87 bits per heavy atom. The number of hydrogen-bond acceptors (Lipinski definition) is 4. The first-order chi connectivity index (χ1) is 11.3. The molecule has 23 heavy (non-hydrogen) atoms. The van der Waals surface area contributed by atoms with Crippen LogP contribution in [0.2, 0.25) is 0 Å². The summed E-state index contributed by atoms with van der Waals surface area (Å²) in [6, 6.07) is 8.27. The first-order valence-corrected chi connectivity index (χ1v) is 8.65.